The number of ketones is 1. The number of fused-ring (bicyclic) bond motifs is 1. The molecule has 0 fully saturated rings. The van der Waals surface area contributed by atoms with Gasteiger partial charge in [0.05, 0.1) is 0 Å². The average Bonchev–Trinajstić information content (AvgIpc) is 2.52. The van der Waals surface area contributed by atoms with Gasteiger partial charge in [0.15, 0.2) is 6.61 Å². The van der Waals surface area contributed by atoms with Crippen molar-refractivity contribution in [2.24, 2.45) is 0 Å². The molecule has 0 radical (unpaired) electrons. The molecule has 104 valence electrons. The van der Waals surface area contributed by atoms with Gasteiger partial charge in [0.2, 0.25) is 5.78 Å². The van der Waals surface area contributed by atoms with E-state index in [-0.39, 0.29) is 12.4 Å². The Morgan fingerprint density at radius 2 is 1.71 bits per heavy atom. The minimum absolute atomic E-state index is 0.00252. The molecule has 3 heteroatoms. The van der Waals surface area contributed by atoms with Crippen LogP contribution >= 0.6 is 0 Å². The lowest BCUT2D eigenvalue weighted by molar-refractivity contribution is 0.0923. The molecular formula is C18H15NO2. The second-order valence-corrected chi connectivity index (χ2v) is 4.81. The van der Waals surface area contributed by atoms with Crippen LogP contribution in [0.1, 0.15) is 10.4 Å². The summed E-state index contributed by atoms with van der Waals surface area (Å²) in [6.07, 6.45) is 0. The first kappa shape index (κ1) is 13.2. The van der Waals surface area contributed by atoms with Crippen molar-refractivity contribution in [1.29, 1.82) is 0 Å². The maximum atomic E-state index is 12.4. The van der Waals surface area contributed by atoms with E-state index in [1.165, 1.54) is 0 Å². The van der Waals surface area contributed by atoms with Gasteiger partial charge >= 0.3 is 0 Å². The van der Waals surface area contributed by atoms with Gasteiger partial charge in [0.1, 0.15) is 5.75 Å². The van der Waals surface area contributed by atoms with Crippen LogP contribution in [-0.2, 0) is 0 Å². The largest absolute Gasteiger partial charge is 0.485 e. The first-order valence-corrected chi connectivity index (χ1v) is 6.73. The van der Waals surface area contributed by atoms with E-state index in [0.717, 1.165) is 10.8 Å². The molecule has 0 aromatic heterocycles. The van der Waals surface area contributed by atoms with E-state index in [1.54, 1.807) is 24.3 Å². The Kier molecular flexibility index (Phi) is 3.56. The number of carbonyl (C=O) groups excluding carboxylic acids is 1. The molecule has 3 nitrogen and oxygen atoms in total. The summed E-state index contributed by atoms with van der Waals surface area (Å²) < 4.78 is 5.52. The van der Waals surface area contributed by atoms with Crippen LogP contribution in [0.4, 0.5) is 5.69 Å². The number of carbonyl (C=O) groups is 1. The molecule has 0 unspecified atom stereocenters. The van der Waals surface area contributed by atoms with E-state index < -0.39 is 0 Å². The molecule has 3 aromatic carbocycles. The Bertz CT molecular complexity index is 791. The van der Waals surface area contributed by atoms with Crippen LogP contribution in [-0.4, -0.2) is 12.4 Å². The minimum Gasteiger partial charge on any atom is -0.485 e. The number of Topliss-reactive ketones (excluding diaryl/α,β-unsaturated/α-hetero) is 1. The fourth-order valence-electron chi connectivity index (χ4n) is 2.30. The van der Waals surface area contributed by atoms with Crippen LogP contribution in [0.3, 0.4) is 0 Å². The van der Waals surface area contributed by atoms with E-state index in [0.29, 0.717) is 17.0 Å². The normalized spacial score (nSPS) is 10.5. The Balaban J connectivity index is 1.81. The third kappa shape index (κ3) is 2.87. The minimum atomic E-state index is -0.0470. The Morgan fingerprint density at radius 3 is 2.57 bits per heavy atom. The average molecular weight is 277 g/mol. The molecule has 3 aromatic rings. The quantitative estimate of drug-likeness (QED) is 0.584. The second-order valence-electron chi connectivity index (χ2n) is 4.81. The molecule has 0 amide bonds. The van der Waals surface area contributed by atoms with Crippen molar-refractivity contribution >= 4 is 22.2 Å². The summed E-state index contributed by atoms with van der Waals surface area (Å²) >= 11 is 0. The molecule has 21 heavy (non-hydrogen) atoms. The van der Waals surface area contributed by atoms with E-state index >= 15 is 0 Å². The van der Waals surface area contributed by atoms with Gasteiger partial charge in [0.25, 0.3) is 0 Å². The first-order chi connectivity index (χ1) is 10.2. The molecule has 2 N–H and O–H groups in total. The number of benzene rings is 3. The summed E-state index contributed by atoms with van der Waals surface area (Å²) in [5.74, 6) is 0.554. The maximum absolute atomic E-state index is 12.4. The molecule has 0 atom stereocenters. The SMILES string of the molecule is Nc1cccc(OCC(=O)c2cccc3ccccc23)c1. The van der Waals surface area contributed by atoms with E-state index in [9.17, 15) is 4.79 Å². The van der Waals surface area contributed by atoms with Gasteiger partial charge < -0.3 is 10.5 Å². The van der Waals surface area contributed by atoms with Crippen molar-refractivity contribution in [2.75, 3.05) is 12.3 Å². The highest BCUT2D eigenvalue weighted by atomic mass is 16.5. The number of anilines is 1. The van der Waals surface area contributed by atoms with Crippen molar-refractivity contribution in [3.63, 3.8) is 0 Å². The molecule has 3 rings (SSSR count). The summed E-state index contributed by atoms with van der Waals surface area (Å²) in [4.78, 5) is 12.4. The second kappa shape index (κ2) is 5.67. The summed E-state index contributed by atoms with van der Waals surface area (Å²) in [7, 11) is 0. The molecule has 0 aliphatic heterocycles. The predicted molar refractivity (Wildman–Crippen MR) is 84.6 cm³/mol. The Labute approximate surface area is 123 Å². The molecular weight excluding hydrogens is 262 g/mol. The monoisotopic (exact) mass is 277 g/mol. The molecule has 0 aliphatic carbocycles. The highest BCUT2D eigenvalue weighted by Crippen LogP contribution is 2.20. The number of nitrogens with two attached hydrogens (primary N) is 1. The predicted octanol–water partition coefficient (Wildman–Crippen LogP) is 3.68. The highest BCUT2D eigenvalue weighted by molar-refractivity contribution is 6.08. The van der Waals surface area contributed by atoms with Gasteiger partial charge in [-0.25, -0.2) is 0 Å². The highest BCUT2D eigenvalue weighted by Gasteiger charge is 2.10. The van der Waals surface area contributed by atoms with Crippen LogP contribution in [0.15, 0.2) is 66.7 Å². The smallest absolute Gasteiger partial charge is 0.200 e. The molecule has 0 heterocycles. The van der Waals surface area contributed by atoms with Gasteiger partial charge in [0, 0.05) is 17.3 Å². The molecule has 0 saturated heterocycles. The first-order valence-electron chi connectivity index (χ1n) is 6.73. The zero-order valence-corrected chi connectivity index (χ0v) is 11.5. The van der Waals surface area contributed by atoms with Gasteiger partial charge in [-0.3, -0.25) is 4.79 Å². The van der Waals surface area contributed by atoms with Crippen molar-refractivity contribution in [1.82, 2.24) is 0 Å². The fourth-order valence-corrected chi connectivity index (χ4v) is 2.30. The van der Waals surface area contributed by atoms with Gasteiger partial charge in [-0.15, -0.1) is 0 Å². The lowest BCUT2D eigenvalue weighted by Crippen LogP contribution is -2.12. The van der Waals surface area contributed by atoms with E-state index in [1.807, 2.05) is 42.5 Å². The van der Waals surface area contributed by atoms with E-state index in [4.69, 9.17) is 10.5 Å². The van der Waals surface area contributed by atoms with E-state index in [2.05, 4.69) is 0 Å². The van der Waals surface area contributed by atoms with Crippen LogP contribution < -0.4 is 10.5 Å². The number of hydrogen-bond donors (Lipinski definition) is 1. The van der Waals surface area contributed by atoms with Gasteiger partial charge in [-0.2, -0.15) is 0 Å². The number of nitrogen functional groups attached to an aromatic ring is 1. The standard InChI is InChI=1S/C18H15NO2/c19-14-7-4-8-15(11-14)21-12-18(20)17-10-3-6-13-5-1-2-9-16(13)17/h1-11H,12,19H2. The molecule has 0 spiro atoms. The van der Waals surface area contributed by atoms with Crippen LogP contribution in [0, 0.1) is 0 Å². The van der Waals surface area contributed by atoms with Crippen molar-refractivity contribution in [3.8, 4) is 5.75 Å². The van der Waals surface area contributed by atoms with Crippen molar-refractivity contribution < 1.29 is 9.53 Å². The molecule has 0 aliphatic rings. The zero-order valence-electron chi connectivity index (χ0n) is 11.5. The molecule has 0 saturated carbocycles. The summed E-state index contributed by atoms with van der Waals surface area (Å²) in [6.45, 7) is -0.00252. The zero-order chi connectivity index (χ0) is 14.7. The van der Waals surface area contributed by atoms with Gasteiger partial charge in [-0.05, 0) is 22.9 Å². The third-order valence-electron chi connectivity index (χ3n) is 3.32. The van der Waals surface area contributed by atoms with Crippen molar-refractivity contribution in [3.05, 3.63) is 72.3 Å². The maximum Gasteiger partial charge on any atom is 0.200 e. The lowest BCUT2D eigenvalue weighted by Gasteiger charge is -2.08. The van der Waals surface area contributed by atoms with Crippen LogP contribution in [0.5, 0.6) is 5.75 Å². The topological polar surface area (TPSA) is 52.3 Å². The summed E-state index contributed by atoms with van der Waals surface area (Å²) in [6, 6.07) is 20.6. The van der Waals surface area contributed by atoms with Crippen LogP contribution in [0.2, 0.25) is 0 Å². The summed E-state index contributed by atoms with van der Waals surface area (Å²) in [5, 5.41) is 1.99. The summed E-state index contributed by atoms with van der Waals surface area (Å²) in [5.41, 5.74) is 6.98. The lowest BCUT2D eigenvalue weighted by atomic mass is 10.0. The fraction of sp³-hybridized carbons (Fsp3) is 0.0556. The number of ether oxygens (including phenoxy) is 1. The van der Waals surface area contributed by atoms with Crippen LogP contribution in [0.25, 0.3) is 10.8 Å². The van der Waals surface area contributed by atoms with Crippen molar-refractivity contribution in [2.45, 2.75) is 0 Å². The Morgan fingerprint density at radius 1 is 0.952 bits per heavy atom. The third-order valence-corrected chi connectivity index (χ3v) is 3.32. The number of hydrogen-bond acceptors (Lipinski definition) is 3. The Hall–Kier alpha value is -2.81. The van der Waals surface area contributed by atoms with Gasteiger partial charge in [-0.1, -0.05) is 48.5 Å². The molecule has 0 bridgehead atoms. The number of rotatable bonds is 4.